The summed E-state index contributed by atoms with van der Waals surface area (Å²) in [5.41, 5.74) is 1.15. The first-order valence-electron chi connectivity index (χ1n) is 7.25. The van der Waals surface area contributed by atoms with Crippen LogP contribution in [0.4, 0.5) is 5.13 Å². The third-order valence-corrected chi connectivity index (χ3v) is 5.47. The molecule has 19 heavy (non-hydrogen) atoms. The molecule has 0 saturated carbocycles. The van der Waals surface area contributed by atoms with E-state index in [1.165, 1.54) is 55.3 Å². The molecule has 2 saturated heterocycles. The Bertz CT molecular complexity index is 541. The molecule has 1 unspecified atom stereocenters. The van der Waals surface area contributed by atoms with Gasteiger partial charge in [0, 0.05) is 19.1 Å². The summed E-state index contributed by atoms with van der Waals surface area (Å²) < 4.78 is 1.31. The normalized spacial score (nSPS) is 24.6. The third-order valence-electron chi connectivity index (χ3n) is 4.37. The molecule has 1 atom stereocenters. The first-order valence-corrected chi connectivity index (χ1v) is 8.06. The molecular formula is C15H19N3S. The Hall–Kier alpha value is -1.13. The number of benzene rings is 1. The minimum Gasteiger partial charge on any atom is -0.346 e. The van der Waals surface area contributed by atoms with E-state index in [-0.39, 0.29) is 0 Å². The molecule has 4 heteroatoms. The van der Waals surface area contributed by atoms with E-state index in [4.69, 9.17) is 4.98 Å². The van der Waals surface area contributed by atoms with Gasteiger partial charge in [-0.1, -0.05) is 23.5 Å². The lowest BCUT2D eigenvalue weighted by Gasteiger charge is -2.23. The summed E-state index contributed by atoms with van der Waals surface area (Å²) in [5, 5.41) is 1.21. The van der Waals surface area contributed by atoms with Gasteiger partial charge in [0.25, 0.3) is 0 Å². The SMILES string of the molecule is c1ccc2sc(N3CCC(N4CCCC4)C3)nc2c1. The Morgan fingerprint density at radius 1 is 1.11 bits per heavy atom. The fraction of sp³-hybridized carbons (Fsp3) is 0.533. The molecule has 0 aliphatic carbocycles. The Balaban J connectivity index is 1.53. The minimum absolute atomic E-state index is 0.759. The van der Waals surface area contributed by atoms with Crippen LogP contribution in [0.5, 0.6) is 0 Å². The number of anilines is 1. The van der Waals surface area contributed by atoms with Crippen LogP contribution in [-0.4, -0.2) is 42.1 Å². The van der Waals surface area contributed by atoms with Crippen molar-refractivity contribution in [3.63, 3.8) is 0 Å². The van der Waals surface area contributed by atoms with Crippen LogP contribution in [0.2, 0.25) is 0 Å². The van der Waals surface area contributed by atoms with Gasteiger partial charge in [0.2, 0.25) is 0 Å². The minimum atomic E-state index is 0.759. The molecular weight excluding hydrogens is 254 g/mol. The van der Waals surface area contributed by atoms with Crippen LogP contribution in [0.25, 0.3) is 10.2 Å². The molecule has 2 fully saturated rings. The van der Waals surface area contributed by atoms with Crippen LogP contribution in [0, 0.1) is 0 Å². The smallest absolute Gasteiger partial charge is 0.186 e. The van der Waals surface area contributed by atoms with Crippen molar-refractivity contribution < 1.29 is 0 Å². The largest absolute Gasteiger partial charge is 0.346 e. The van der Waals surface area contributed by atoms with Crippen molar-refractivity contribution in [2.45, 2.75) is 25.3 Å². The molecule has 1 aromatic carbocycles. The van der Waals surface area contributed by atoms with Crippen molar-refractivity contribution in [2.24, 2.45) is 0 Å². The van der Waals surface area contributed by atoms with E-state index in [1.54, 1.807) is 0 Å². The van der Waals surface area contributed by atoms with Crippen LogP contribution in [0.15, 0.2) is 24.3 Å². The van der Waals surface area contributed by atoms with Crippen LogP contribution >= 0.6 is 11.3 Å². The zero-order valence-electron chi connectivity index (χ0n) is 11.1. The Kier molecular flexibility index (Phi) is 2.93. The van der Waals surface area contributed by atoms with Gasteiger partial charge in [-0.2, -0.15) is 0 Å². The average Bonchev–Trinajstić information content (AvgIpc) is 3.17. The average molecular weight is 273 g/mol. The van der Waals surface area contributed by atoms with E-state index in [2.05, 4.69) is 34.1 Å². The topological polar surface area (TPSA) is 19.4 Å². The molecule has 3 heterocycles. The van der Waals surface area contributed by atoms with Gasteiger partial charge in [-0.05, 0) is 44.5 Å². The number of rotatable bonds is 2. The lowest BCUT2D eigenvalue weighted by atomic mass is 10.2. The van der Waals surface area contributed by atoms with Gasteiger partial charge in [-0.15, -0.1) is 0 Å². The highest BCUT2D eigenvalue weighted by Crippen LogP contribution is 2.32. The summed E-state index contributed by atoms with van der Waals surface area (Å²) in [6, 6.07) is 9.22. The highest BCUT2D eigenvalue weighted by atomic mass is 32.1. The van der Waals surface area contributed by atoms with Gasteiger partial charge in [0.05, 0.1) is 10.2 Å². The van der Waals surface area contributed by atoms with Gasteiger partial charge in [-0.25, -0.2) is 4.98 Å². The monoisotopic (exact) mass is 273 g/mol. The fourth-order valence-electron chi connectivity index (χ4n) is 3.32. The van der Waals surface area contributed by atoms with E-state index >= 15 is 0 Å². The van der Waals surface area contributed by atoms with Crippen LogP contribution < -0.4 is 4.90 Å². The third kappa shape index (κ3) is 2.13. The first kappa shape index (κ1) is 11.7. The van der Waals surface area contributed by atoms with Gasteiger partial charge < -0.3 is 4.90 Å². The van der Waals surface area contributed by atoms with Crippen LogP contribution in [0.3, 0.4) is 0 Å². The Morgan fingerprint density at radius 2 is 1.95 bits per heavy atom. The number of hydrogen-bond acceptors (Lipinski definition) is 4. The second kappa shape index (κ2) is 4.76. The lowest BCUT2D eigenvalue weighted by Crippen LogP contribution is -2.35. The van der Waals surface area contributed by atoms with E-state index in [1.807, 2.05) is 11.3 Å². The molecule has 4 rings (SSSR count). The predicted molar refractivity (Wildman–Crippen MR) is 81.0 cm³/mol. The standard InChI is InChI=1S/C15H19N3S/c1-2-6-14-13(5-1)16-15(19-14)18-10-7-12(11-18)17-8-3-4-9-17/h1-2,5-6,12H,3-4,7-11H2. The maximum atomic E-state index is 4.78. The molecule has 2 aromatic rings. The van der Waals surface area contributed by atoms with Gasteiger partial charge in [0.1, 0.15) is 0 Å². The highest BCUT2D eigenvalue weighted by molar-refractivity contribution is 7.22. The van der Waals surface area contributed by atoms with Crippen LogP contribution in [0.1, 0.15) is 19.3 Å². The second-order valence-electron chi connectivity index (χ2n) is 5.60. The Morgan fingerprint density at radius 3 is 2.79 bits per heavy atom. The zero-order valence-corrected chi connectivity index (χ0v) is 11.9. The van der Waals surface area contributed by atoms with E-state index in [0.717, 1.165) is 11.6 Å². The Labute approximate surface area is 117 Å². The van der Waals surface area contributed by atoms with E-state index in [0.29, 0.717) is 0 Å². The van der Waals surface area contributed by atoms with Crippen LogP contribution in [-0.2, 0) is 0 Å². The van der Waals surface area contributed by atoms with Crippen molar-refractivity contribution in [1.82, 2.24) is 9.88 Å². The number of likely N-dealkylation sites (tertiary alicyclic amines) is 1. The summed E-state index contributed by atoms with van der Waals surface area (Å²) in [7, 11) is 0. The summed E-state index contributed by atoms with van der Waals surface area (Å²) in [5.74, 6) is 0. The van der Waals surface area contributed by atoms with Crippen molar-refractivity contribution in [3.05, 3.63) is 24.3 Å². The van der Waals surface area contributed by atoms with Crippen molar-refractivity contribution in [3.8, 4) is 0 Å². The molecule has 2 aliphatic heterocycles. The summed E-state index contributed by atoms with van der Waals surface area (Å²) >= 11 is 1.84. The molecule has 0 spiro atoms. The van der Waals surface area contributed by atoms with E-state index in [9.17, 15) is 0 Å². The van der Waals surface area contributed by atoms with Gasteiger partial charge in [0.15, 0.2) is 5.13 Å². The quantitative estimate of drug-likeness (QED) is 0.838. The molecule has 2 aliphatic rings. The molecule has 3 nitrogen and oxygen atoms in total. The molecule has 0 radical (unpaired) electrons. The number of para-hydroxylation sites is 1. The highest BCUT2D eigenvalue weighted by Gasteiger charge is 2.30. The molecule has 0 bridgehead atoms. The molecule has 100 valence electrons. The maximum absolute atomic E-state index is 4.78. The van der Waals surface area contributed by atoms with Crippen molar-refractivity contribution >= 4 is 26.7 Å². The number of thiazole rings is 1. The van der Waals surface area contributed by atoms with Gasteiger partial charge >= 0.3 is 0 Å². The van der Waals surface area contributed by atoms with Crippen molar-refractivity contribution in [2.75, 3.05) is 31.1 Å². The van der Waals surface area contributed by atoms with E-state index < -0.39 is 0 Å². The van der Waals surface area contributed by atoms with Crippen molar-refractivity contribution in [1.29, 1.82) is 0 Å². The molecule has 0 N–H and O–H groups in total. The van der Waals surface area contributed by atoms with Gasteiger partial charge in [-0.3, -0.25) is 4.90 Å². The summed E-state index contributed by atoms with van der Waals surface area (Å²) in [6.45, 7) is 4.94. The molecule has 1 aromatic heterocycles. The maximum Gasteiger partial charge on any atom is 0.186 e. The number of fused-ring (bicyclic) bond motifs is 1. The number of hydrogen-bond donors (Lipinski definition) is 0. The zero-order chi connectivity index (χ0) is 12.7. The second-order valence-corrected chi connectivity index (χ2v) is 6.60. The number of aromatic nitrogens is 1. The molecule has 0 amide bonds. The lowest BCUT2D eigenvalue weighted by molar-refractivity contribution is 0.260. The summed E-state index contributed by atoms with van der Waals surface area (Å²) in [4.78, 5) is 9.94. The fourth-order valence-corrected chi connectivity index (χ4v) is 4.32. The summed E-state index contributed by atoms with van der Waals surface area (Å²) in [6.07, 6.45) is 4.07. The predicted octanol–water partition coefficient (Wildman–Crippen LogP) is 2.97. The number of nitrogens with zero attached hydrogens (tertiary/aromatic N) is 3. The first-order chi connectivity index (χ1) is 9.40.